The van der Waals surface area contributed by atoms with Crippen LogP contribution >= 0.6 is 11.3 Å². The molecule has 4 heteroatoms. The molecule has 2 saturated carbocycles. The second-order valence-electron chi connectivity index (χ2n) is 5.30. The first-order valence-electron chi connectivity index (χ1n) is 6.77. The number of carbonyl (C=O) groups is 1. The number of aliphatic hydroxyl groups is 1. The first-order valence-corrected chi connectivity index (χ1v) is 7.65. The normalized spacial score (nSPS) is 18.0. The number of thiophene rings is 1. The molecule has 0 atom stereocenters. The molecule has 1 amide bonds. The lowest BCUT2D eigenvalue weighted by Crippen LogP contribution is -2.38. The van der Waals surface area contributed by atoms with E-state index >= 15 is 0 Å². The van der Waals surface area contributed by atoms with Crippen molar-refractivity contribution in [3.05, 3.63) is 21.9 Å². The maximum absolute atomic E-state index is 12.3. The Bertz CT molecular complexity index is 520. The Labute approximate surface area is 117 Å². The number of rotatable bonds is 4. The summed E-state index contributed by atoms with van der Waals surface area (Å²) in [5.74, 6) is 6.83. The first kappa shape index (κ1) is 12.7. The third kappa shape index (κ3) is 2.99. The smallest absolute Gasteiger partial charge is 0.262 e. The van der Waals surface area contributed by atoms with Gasteiger partial charge in [-0.25, -0.2) is 0 Å². The largest absolute Gasteiger partial charge is 0.384 e. The summed E-state index contributed by atoms with van der Waals surface area (Å²) in [7, 11) is 0. The average Bonchev–Trinajstić information content (AvgIpc) is 3.31. The van der Waals surface area contributed by atoms with Crippen molar-refractivity contribution in [2.75, 3.05) is 6.61 Å². The summed E-state index contributed by atoms with van der Waals surface area (Å²) < 4.78 is 0. The topological polar surface area (TPSA) is 49.3 Å². The molecule has 0 saturated heterocycles. The van der Waals surface area contributed by atoms with Gasteiger partial charge in [0.2, 0.25) is 0 Å². The van der Waals surface area contributed by atoms with Crippen LogP contribution in [0.2, 0.25) is 0 Å². The van der Waals surface area contributed by atoms with Crippen LogP contribution in [0, 0.1) is 23.7 Å². The lowest BCUT2D eigenvalue weighted by atomic mass is 10.1. The monoisotopic (exact) mass is 275 g/mol. The van der Waals surface area contributed by atoms with Crippen LogP contribution in [0.5, 0.6) is 0 Å². The molecule has 0 spiro atoms. The third-order valence-electron chi connectivity index (χ3n) is 3.73. The SMILES string of the molecule is O=C(NC(C1CC1)C1CC1)c1sccc1C#CCO. The zero-order valence-corrected chi connectivity index (χ0v) is 11.5. The van der Waals surface area contributed by atoms with Crippen molar-refractivity contribution in [3.63, 3.8) is 0 Å². The van der Waals surface area contributed by atoms with E-state index in [0.29, 0.717) is 22.8 Å². The van der Waals surface area contributed by atoms with Crippen LogP contribution in [0.15, 0.2) is 11.4 Å². The highest BCUT2D eigenvalue weighted by molar-refractivity contribution is 7.12. The van der Waals surface area contributed by atoms with Crippen molar-refractivity contribution in [3.8, 4) is 11.8 Å². The van der Waals surface area contributed by atoms with Crippen LogP contribution < -0.4 is 5.32 Å². The molecule has 19 heavy (non-hydrogen) atoms. The number of hydrogen-bond donors (Lipinski definition) is 2. The molecule has 0 radical (unpaired) electrons. The molecule has 3 nitrogen and oxygen atoms in total. The maximum atomic E-state index is 12.3. The minimum absolute atomic E-state index is 0.000963. The van der Waals surface area contributed by atoms with E-state index in [9.17, 15) is 4.79 Å². The van der Waals surface area contributed by atoms with Gasteiger partial charge in [0.05, 0.1) is 0 Å². The van der Waals surface area contributed by atoms with Crippen molar-refractivity contribution < 1.29 is 9.90 Å². The minimum atomic E-state index is -0.177. The minimum Gasteiger partial charge on any atom is -0.384 e. The fraction of sp³-hybridized carbons (Fsp3) is 0.533. The van der Waals surface area contributed by atoms with Gasteiger partial charge in [0, 0.05) is 11.6 Å². The van der Waals surface area contributed by atoms with E-state index in [4.69, 9.17) is 5.11 Å². The molecule has 1 aromatic rings. The van der Waals surface area contributed by atoms with Gasteiger partial charge < -0.3 is 10.4 Å². The Balaban J connectivity index is 1.70. The number of nitrogens with one attached hydrogen (secondary N) is 1. The summed E-state index contributed by atoms with van der Waals surface area (Å²) in [5.41, 5.74) is 0.724. The summed E-state index contributed by atoms with van der Waals surface area (Å²) in [6.07, 6.45) is 5.01. The van der Waals surface area contributed by atoms with Crippen molar-refractivity contribution in [2.45, 2.75) is 31.7 Å². The molecule has 0 aromatic carbocycles. The van der Waals surface area contributed by atoms with Gasteiger partial charge in [-0.1, -0.05) is 11.8 Å². The van der Waals surface area contributed by atoms with E-state index < -0.39 is 0 Å². The Morgan fingerprint density at radius 1 is 1.42 bits per heavy atom. The van der Waals surface area contributed by atoms with Crippen LogP contribution in [-0.2, 0) is 0 Å². The fourth-order valence-corrected chi connectivity index (χ4v) is 3.22. The molecule has 2 N–H and O–H groups in total. The molecule has 100 valence electrons. The predicted molar refractivity (Wildman–Crippen MR) is 75.0 cm³/mol. The van der Waals surface area contributed by atoms with Gasteiger partial charge >= 0.3 is 0 Å². The van der Waals surface area contributed by atoms with E-state index in [2.05, 4.69) is 17.2 Å². The van der Waals surface area contributed by atoms with E-state index in [1.54, 1.807) is 0 Å². The lowest BCUT2D eigenvalue weighted by Gasteiger charge is -2.17. The van der Waals surface area contributed by atoms with E-state index in [0.717, 1.165) is 5.56 Å². The molecule has 2 aliphatic rings. The molecule has 1 aromatic heterocycles. The van der Waals surface area contributed by atoms with Gasteiger partial charge in [-0.3, -0.25) is 4.79 Å². The van der Waals surface area contributed by atoms with Crippen LogP contribution in [0.1, 0.15) is 40.9 Å². The van der Waals surface area contributed by atoms with Crippen LogP contribution in [0.25, 0.3) is 0 Å². The summed E-state index contributed by atoms with van der Waals surface area (Å²) >= 11 is 1.42. The first-order chi connectivity index (χ1) is 9.29. The average molecular weight is 275 g/mol. The third-order valence-corrected chi connectivity index (χ3v) is 4.64. The highest BCUT2D eigenvalue weighted by Crippen LogP contribution is 2.44. The highest BCUT2D eigenvalue weighted by atomic mass is 32.1. The molecule has 1 heterocycles. The summed E-state index contributed by atoms with van der Waals surface area (Å²) in [5, 5.41) is 13.8. The fourth-order valence-electron chi connectivity index (χ4n) is 2.47. The van der Waals surface area contributed by atoms with Crippen LogP contribution in [0.4, 0.5) is 0 Å². The Hall–Kier alpha value is -1.31. The Morgan fingerprint density at radius 2 is 2.11 bits per heavy atom. The van der Waals surface area contributed by atoms with Gasteiger partial charge in [0.1, 0.15) is 11.5 Å². The zero-order valence-electron chi connectivity index (χ0n) is 10.7. The van der Waals surface area contributed by atoms with Gasteiger partial charge in [-0.15, -0.1) is 11.3 Å². The molecular weight excluding hydrogens is 258 g/mol. The number of amides is 1. The number of hydrogen-bond acceptors (Lipinski definition) is 3. The molecule has 0 unspecified atom stereocenters. The Morgan fingerprint density at radius 3 is 2.68 bits per heavy atom. The van der Waals surface area contributed by atoms with Crippen molar-refractivity contribution in [1.82, 2.24) is 5.32 Å². The molecule has 2 fully saturated rings. The molecule has 2 aliphatic carbocycles. The zero-order chi connectivity index (χ0) is 13.2. The van der Waals surface area contributed by atoms with Crippen molar-refractivity contribution in [1.29, 1.82) is 0 Å². The van der Waals surface area contributed by atoms with Crippen LogP contribution in [0.3, 0.4) is 0 Å². The number of aliphatic hydroxyl groups excluding tert-OH is 1. The quantitative estimate of drug-likeness (QED) is 0.826. The van der Waals surface area contributed by atoms with Crippen LogP contribution in [-0.4, -0.2) is 23.7 Å². The molecule has 3 rings (SSSR count). The molecular formula is C15H17NO2S. The van der Waals surface area contributed by atoms with Gasteiger partial charge in [-0.2, -0.15) is 0 Å². The summed E-state index contributed by atoms with van der Waals surface area (Å²) in [6.45, 7) is -0.177. The highest BCUT2D eigenvalue weighted by Gasteiger charge is 2.42. The lowest BCUT2D eigenvalue weighted by molar-refractivity contribution is 0.0930. The van der Waals surface area contributed by atoms with Crippen molar-refractivity contribution in [2.24, 2.45) is 11.8 Å². The Kier molecular flexibility index (Phi) is 3.58. The van der Waals surface area contributed by atoms with E-state index in [1.165, 1.54) is 37.0 Å². The summed E-state index contributed by atoms with van der Waals surface area (Å²) in [6, 6.07) is 2.21. The second-order valence-corrected chi connectivity index (χ2v) is 6.21. The van der Waals surface area contributed by atoms with E-state index in [1.807, 2.05) is 11.4 Å². The van der Waals surface area contributed by atoms with E-state index in [-0.39, 0.29) is 12.5 Å². The molecule has 0 aliphatic heterocycles. The predicted octanol–water partition coefficient (Wildman–Crippen LogP) is 2.01. The van der Waals surface area contributed by atoms with Gasteiger partial charge in [0.25, 0.3) is 5.91 Å². The van der Waals surface area contributed by atoms with Gasteiger partial charge in [0.15, 0.2) is 0 Å². The maximum Gasteiger partial charge on any atom is 0.262 e. The second kappa shape index (κ2) is 5.36. The molecule has 0 bridgehead atoms. The van der Waals surface area contributed by atoms with Gasteiger partial charge in [-0.05, 0) is 49.0 Å². The van der Waals surface area contributed by atoms with Crippen molar-refractivity contribution >= 4 is 17.2 Å². The standard InChI is InChI=1S/C15H17NO2S/c17-8-1-2-12-7-9-19-14(12)15(18)16-13(10-3-4-10)11-5-6-11/h7,9-11,13,17H,3-6,8H2,(H,16,18). The summed E-state index contributed by atoms with van der Waals surface area (Å²) in [4.78, 5) is 13.0. The number of carbonyl (C=O) groups excluding carboxylic acids is 1.